The molecular formula is C16H23NO2. The van der Waals surface area contributed by atoms with Gasteiger partial charge in [0, 0.05) is 18.2 Å². The monoisotopic (exact) mass is 261 g/mol. The average molecular weight is 261 g/mol. The Labute approximate surface area is 115 Å². The van der Waals surface area contributed by atoms with E-state index >= 15 is 0 Å². The van der Waals surface area contributed by atoms with Crippen LogP contribution in [0.2, 0.25) is 0 Å². The van der Waals surface area contributed by atoms with Gasteiger partial charge in [-0.3, -0.25) is 0 Å². The molecular weight excluding hydrogens is 238 g/mol. The number of ether oxygens (including phenoxy) is 2. The highest BCUT2D eigenvalue weighted by Gasteiger charge is 2.22. The molecule has 2 aliphatic rings. The number of benzene rings is 1. The van der Waals surface area contributed by atoms with E-state index in [9.17, 15) is 0 Å². The van der Waals surface area contributed by atoms with Gasteiger partial charge in [0.1, 0.15) is 0 Å². The second-order valence-corrected chi connectivity index (χ2v) is 5.67. The molecule has 0 radical (unpaired) electrons. The van der Waals surface area contributed by atoms with Crippen LogP contribution in [0.25, 0.3) is 0 Å². The normalized spacial score (nSPS) is 25.5. The fourth-order valence-corrected chi connectivity index (χ4v) is 3.23. The summed E-state index contributed by atoms with van der Waals surface area (Å²) in [5, 5.41) is 3.70. The summed E-state index contributed by atoms with van der Waals surface area (Å²) in [6.45, 7) is 3.55. The van der Waals surface area contributed by atoms with Gasteiger partial charge < -0.3 is 14.8 Å². The Kier molecular flexibility index (Phi) is 3.92. The molecule has 1 heterocycles. The van der Waals surface area contributed by atoms with Gasteiger partial charge in [0.05, 0.1) is 0 Å². The van der Waals surface area contributed by atoms with Crippen molar-refractivity contribution in [2.24, 2.45) is 5.92 Å². The number of nitrogens with one attached hydrogen (secondary N) is 1. The molecule has 0 saturated heterocycles. The predicted molar refractivity (Wildman–Crippen MR) is 75.4 cm³/mol. The Hall–Kier alpha value is -1.22. The van der Waals surface area contributed by atoms with E-state index in [1.54, 1.807) is 0 Å². The standard InChI is InChI=1S/C16H23NO2/c1-2-12-5-3-7-14(9-12)17-10-13-6-4-8-15-16(13)19-11-18-15/h4,6,8,12,14,17H,2-3,5,7,9-11H2,1H3. The number of hydrogen-bond donors (Lipinski definition) is 1. The molecule has 1 aromatic carbocycles. The second-order valence-electron chi connectivity index (χ2n) is 5.67. The zero-order chi connectivity index (χ0) is 13.1. The third-order valence-electron chi connectivity index (χ3n) is 4.42. The maximum atomic E-state index is 5.55. The van der Waals surface area contributed by atoms with Gasteiger partial charge in [0.15, 0.2) is 11.5 Å². The molecule has 0 bridgehead atoms. The highest BCUT2D eigenvalue weighted by Crippen LogP contribution is 2.35. The summed E-state index contributed by atoms with van der Waals surface area (Å²) in [6, 6.07) is 6.80. The van der Waals surface area contributed by atoms with Gasteiger partial charge in [-0.05, 0) is 24.8 Å². The van der Waals surface area contributed by atoms with Crippen molar-refractivity contribution in [3.63, 3.8) is 0 Å². The zero-order valence-electron chi connectivity index (χ0n) is 11.7. The summed E-state index contributed by atoms with van der Waals surface area (Å²) in [5.74, 6) is 2.72. The molecule has 3 heteroatoms. The first-order valence-corrected chi connectivity index (χ1v) is 7.47. The zero-order valence-corrected chi connectivity index (χ0v) is 11.7. The number of rotatable bonds is 4. The van der Waals surface area contributed by atoms with E-state index in [4.69, 9.17) is 9.47 Å². The first-order valence-electron chi connectivity index (χ1n) is 7.47. The van der Waals surface area contributed by atoms with Crippen molar-refractivity contribution in [3.05, 3.63) is 23.8 Å². The van der Waals surface area contributed by atoms with Crippen molar-refractivity contribution in [1.29, 1.82) is 0 Å². The van der Waals surface area contributed by atoms with E-state index in [1.807, 2.05) is 12.1 Å². The molecule has 0 amide bonds. The van der Waals surface area contributed by atoms with Crippen LogP contribution < -0.4 is 14.8 Å². The molecule has 0 spiro atoms. The number of fused-ring (bicyclic) bond motifs is 1. The van der Waals surface area contributed by atoms with E-state index in [0.29, 0.717) is 12.8 Å². The van der Waals surface area contributed by atoms with Crippen LogP contribution in [0.15, 0.2) is 18.2 Å². The van der Waals surface area contributed by atoms with E-state index in [2.05, 4.69) is 18.3 Å². The largest absolute Gasteiger partial charge is 0.454 e. The van der Waals surface area contributed by atoms with Crippen LogP contribution in [0.3, 0.4) is 0 Å². The van der Waals surface area contributed by atoms with Crippen LogP contribution in [0.5, 0.6) is 11.5 Å². The average Bonchev–Trinajstić information content (AvgIpc) is 2.94. The predicted octanol–water partition coefficient (Wildman–Crippen LogP) is 3.47. The Bertz CT molecular complexity index is 433. The Morgan fingerprint density at radius 2 is 2.21 bits per heavy atom. The molecule has 2 unspecified atom stereocenters. The minimum atomic E-state index is 0.355. The highest BCUT2D eigenvalue weighted by atomic mass is 16.7. The Morgan fingerprint density at radius 1 is 1.26 bits per heavy atom. The van der Waals surface area contributed by atoms with Crippen molar-refractivity contribution in [2.45, 2.75) is 51.6 Å². The van der Waals surface area contributed by atoms with Crippen LogP contribution in [0, 0.1) is 5.92 Å². The molecule has 0 aromatic heterocycles. The Balaban J connectivity index is 1.59. The molecule has 19 heavy (non-hydrogen) atoms. The van der Waals surface area contributed by atoms with Gasteiger partial charge >= 0.3 is 0 Å². The fraction of sp³-hybridized carbons (Fsp3) is 0.625. The van der Waals surface area contributed by atoms with Crippen molar-refractivity contribution < 1.29 is 9.47 Å². The van der Waals surface area contributed by atoms with Crippen LogP contribution in [0.4, 0.5) is 0 Å². The summed E-state index contributed by atoms with van der Waals surface area (Å²) in [4.78, 5) is 0. The summed E-state index contributed by atoms with van der Waals surface area (Å²) < 4.78 is 11.0. The molecule has 2 atom stereocenters. The van der Waals surface area contributed by atoms with E-state index in [-0.39, 0.29) is 0 Å². The fourth-order valence-electron chi connectivity index (χ4n) is 3.23. The van der Waals surface area contributed by atoms with Crippen LogP contribution in [-0.2, 0) is 6.54 Å². The van der Waals surface area contributed by atoms with Gasteiger partial charge in [0.25, 0.3) is 0 Å². The van der Waals surface area contributed by atoms with Gasteiger partial charge in [-0.25, -0.2) is 0 Å². The van der Waals surface area contributed by atoms with Gasteiger partial charge in [-0.1, -0.05) is 38.3 Å². The van der Waals surface area contributed by atoms with E-state index in [1.165, 1.54) is 37.7 Å². The lowest BCUT2D eigenvalue weighted by Crippen LogP contribution is -2.33. The topological polar surface area (TPSA) is 30.5 Å². The SMILES string of the molecule is CCC1CCCC(NCc2cccc3c2OCO3)C1. The molecule has 3 rings (SSSR count). The number of hydrogen-bond acceptors (Lipinski definition) is 3. The van der Waals surface area contributed by atoms with Crippen LogP contribution in [-0.4, -0.2) is 12.8 Å². The third kappa shape index (κ3) is 2.86. The molecule has 1 saturated carbocycles. The summed E-state index contributed by atoms with van der Waals surface area (Å²) in [7, 11) is 0. The van der Waals surface area contributed by atoms with Crippen molar-refractivity contribution in [1.82, 2.24) is 5.32 Å². The first-order chi connectivity index (χ1) is 9.36. The second kappa shape index (κ2) is 5.83. The quantitative estimate of drug-likeness (QED) is 0.900. The molecule has 1 aliphatic carbocycles. The van der Waals surface area contributed by atoms with E-state index < -0.39 is 0 Å². The molecule has 1 fully saturated rings. The number of para-hydroxylation sites is 1. The van der Waals surface area contributed by atoms with Crippen LogP contribution >= 0.6 is 0 Å². The van der Waals surface area contributed by atoms with Crippen molar-refractivity contribution in [2.75, 3.05) is 6.79 Å². The molecule has 104 valence electrons. The lowest BCUT2D eigenvalue weighted by molar-refractivity contribution is 0.173. The molecule has 1 aliphatic heterocycles. The van der Waals surface area contributed by atoms with Crippen molar-refractivity contribution in [3.8, 4) is 11.5 Å². The van der Waals surface area contributed by atoms with E-state index in [0.717, 1.165) is 24.0 Å². The lowest BCUT2D eigenvalue weighted by atomic mass is 9.84. The van der Waals surface area contributed by atoms with Crippen molar-refractivity contribution >= 4 is 0 Å². The smallest absolute Gasteiger partial charge is 0.231 e. The van der Waals surface area contributed by atoms with Gasteiger partial charge in [-0.15, -0.1) is 0 Å². The maximum absolute atomic E-state index is 5.55. The lowest BCUT2D eigenvalue weighted by Gasteiger charge is -2.29. The first kappa shape index (κ1) is 12.8. The maximum Gasteiger partial charge on any atom is 0.231 e. The summed E-state index contributed by atoms with van der Waals surface area (Å²) in [5.41, 5.74) is 1.22. The highest BCUT2D eigenvalue weighted by molar-refractivity contribution is 5.48. The summed E-state index contributed by atoms with van der Waals surface area (Å²) >= 11 is 0. The molecule has 3 nitrogen and oxygen atoms in total. The van der Waals surface area contributed by atoms with Crippen LogP contribution in [0.1, 0.15) is 44.6 Å². The third-order valence-corrected chi connectivity index (χ3v) is 4.42. The summed E-state index contributed by atoms with van der Waals surface area (Å²) in [6.07, 6.45) is 6.72. The minimum Gasteiger partial charge on any atom is -0.454 e. The molecule has 1 N–H and O–H groups in total. The molecule has 1 aromatic rings. The van der Waals surface area contributed by atoms with Gasteiger partial charge in [0.2, 0.25) is 6.79 Å². The Morgan fingerprint density at radius 3 is 3.11 bits per heavy atom. The minimum absolute atomic E-state index is 0.355. The van der Waals surface area contributed by atoms with Gasteiger partial charge in [-0.2, -0.15) is 0 Å².